The highest BCUT2D eigenvalue weighted by Gasteiger charge is 2.11. The molecular formula is C14H16N2O2. The van der Waals surface area contributed by atoms with Crippen LogP contribution in [-0.4, -0.2) is 23.0 Å². The molecule has 0 N–H and O–H groups in total. The van der Waals surface area contributed by atoms with Crippen molar-refractivity contribution in [3.8, 4) is 11.5 Å². The molecule has 2 aromatic rings. The van der Waals surface area contributed by atoms with Crippen LogP contribution in [0, 0.1) is 0 Å². The molecule has 4 nitrogen and oxygen atoms in total. The molecular weight excluding hydrogens is 228 g/mol. The molecule has 2 heterocycles. The number of nitrogens with zero attached hydrogens (tertiary/aromatic N) is 2. The molecule has 0 saturated carbocycles. The molecule has 0 radical (unpaired) electrons. The minimum absolute atomic E-state index is 0.672. The molecule has 0 spiro atoms. The van der Waals surface area contributed by atoms with Crippen molar-refractivity contribution in [2.45, 2.75) is 12.8 Å². The van der Waals surface area contributed by atoms with Gasteiger partial charge in [-0.2, -0.15) is 5.10 Å². The summed E-state index contributed by atoms with van der Waals surface area (Å²) in [5.74, 6) is 1.86. The summed E-state index contributed by atoms with van der Waals surface area (Å²) in [5.41, 5.74) is 2.61. The molecule has 0 aliphatic carbocycles. The van der Waals surface area contributed by atoms with Gasteiger partial charge in [0.05, 0.1) is 25.6 Å². The quantitative estimate of drug-likeness (QED) is 0.825. The second-order valence-corrected chi connectivity index (χ2v) is 4.49. The van der Waals surface area contributed by atoms with Gasteiger partial charge in [0.25, 0.3) is 0 Å². The van der Waals surface area contributed by atoms with E-state index in [4.69, 9.17) is 9.47 Å². The highest BCUT2D eigenvalue weighted by Crippen LogP contribution is 2.26. The van der Waals surface area contributed by atoms with Gasteiger partial charge in [-0.15, -0.1) is 0 Å². The summed E-state index contributed by atoms with van der Waals surface area (Å²) in [6, 6.07) is 6.38. The van der Waals surface area contributed by atoms with Gasteiger partial charge < -0.3 is 9.47 Å². The van der Waals surface area contributed by atoms with Gasteiger partial charge in [-0.1, -0.05) is 12.1 Å². The zero-order chi connectivity index (χ0) is 12.4. The molecule has 0 fully saturated rings. The lowest BCUT2D eigenvalue weighted by Crippen LogP contribution is -2.01. The molecule has 4 heteroatoms. The fourth-order valence-corrected chi connectivity index (χ4v) is 2.16. The van der Waals surface area contributed by atoms with E-state index in [2.05, 4.69) is 23.3 Å². The van der Waals surface area contributed by atoms with Crippen LogP contribution in [0.2, 0.25) is 0 Å². The largest absolute Gasteiger partial charge is 0.493 e. The van der Waals surface area contributed by atoms with Crippen molar-refractivity contribution in [2.24, 2.45) is 7.05 Å². The van der Waals surface area contributed by atoms with Crippen molar-refractivity contribution < 1.29 is 9.47 Å². The first-order valence-electron chi connectivity index (χ1n) is 6.17. The molecule has 94 valence electrons. The fourth-order valence-electron chi connectivity index (χ4n) is 2.16. The Bertz CT molecular complexity index is 548. The van der Waals surface area contributed by atoms with Gasteiger partial charge >= 0.3 is 0 Å². The van der Waals surface area contributed by atoms with Gasteiger partial charge in [-0.25, -0.2) is 0 Å². The zero-order valence-corrected chi connectivity index (χ0v) is 10.4. The van der Waals surface area contributed by atoms with Gasteiger partial charge in [0, 0.05) is 19.9 Å². The summed E-state index contributed by atoms with van der Waals surface area (Å²) in [6.45, 7) is 1.48. The predicted molar refractivity (Wildman–Crippen MR) is 68.0 cm³/mol. The Kier molecular flexibility index (Phi) is 2.92. The smallest absolute Gasteiger partial charge is 0.157 e. The summed E-state index contributed by atoms with van der Waals surface area (Å²) in [7, 11) is 1.88. The zero-order valence-electron chi connectivity index (χ0n) is 10.4. The minimum Gasteiger partial charge on any atom is -0.493 e. The summed E-state index contributed by atoms with van der Waals surface area (Å²) in [4.78, 5) is 0. The second kappa shape index (κ2) is 4.72. The Hall–Kier alpha value is -1.97. The summed E-state index contributed by atoms with van der Waals surface area (Å²) in [6.07, 6.45) is 5.53. The lowest BCUT2D eigenvalue weighted by Gasteiger charge is -2.05. The first kappa shape index (κ1) is 11.1. The number of hydrogen-bond acceptors (Lipinski definition) is 3. The van der Waals surface area contributed by atoms with Gasteiger partial charge in [0.15, 0.2) is 5.75 Å². The standard InChI is InChI=1S/C14H16N2O2/c1-16-10-13(9-15-16)17-6-4-11-2-3-14-12(8-11)5-7-18-14/h2-3,8-10H,4-7H2,1H3. The van der Waals surface area contributed by atoms with Crippen LogP contribution in [0.15, 0.2) is 30.6 Å². The number of rotatable bonds is 4. The number of ether oxygens (including phenoxy) is 2. The summed E-state index contributed by atoms with van der Waals surface area (Å²) >= 11 is 0. The van der Waals surface area contributed by atoms with Crippen LogP contribution in [0.3, 0.4) is 0 Å². The molecule has 0 unspecified atom stereocenters. The normalized spacial score (nSPS) is 13.2. The van der Waals surface area contributed by atoms with Crippen molar-refractivity contribution in [3.63, 3.8) is 0 Å². The Morgan fingerprint density at radius 2 is 2.39 bits per heavy atom. The Morgan fingerprint density at radius 3 is 3.22 bits per heavy atom. The average Bonchev–Trinajstić information content (AvgIpc) is 2.97. The first-order valence-corrected chi connectivity index (χ1v) is 6.17. The summed E-state index contributed by atoms with van der Waals surface area (Å²) < 4.78 is 12.9. The Morgan fingerprint density at radius 1 is 1.44 bits per heavy atom. The molecule has 3 rings (SSSR count). The number of benzene rings is 1. The second-order valence-electron chi connectivity index (χ2n) is 4.49. The maximum Gasteiger partial charge on any atom is 0.157 e. The third-order valence-corrected chi connectivity index (χ3v) is 3.09. The number of aromatic nitrogens is 2. The lowest BCUT2D eigenvalue weighted by atomic mass is 10.1. The highest BCUT2D eigenvalue weighted by atomic mass is 16.5. The van der Waals surface area contributed by atoms with E-state index < -0.39 is 0 Å². The molecule has 1 aliphatic heterocycles. The third kappa shape index (κ3) is 2.32. The van der Waals surface area contributed by atoms with Crippen LogP contribution in [0.5, 0.6) is 11.5 Å². The number of hydrogen-bond donors (Lipinski definition) is 0. The number of aryl methyl sites for hydroxylation is 1. The molecule has 1 aromatic carbocycles. The van der Waals surface area contributed by atoms with E-state index >= 15 is 0 Å². The molecule has 18 heavy (non-hydrogen) atoms. The molecule has 1 aliphatic rings. The molecule has 1 aromatic heterocycles. The molecule has 0 amide bonds. The van der Waals surface area contributed by atoms with E-state index in [0.717, 1.165) is 30.9 Å². The maximum absolute atomic E-state index is 5.64. The van der Waals surface area contributed by atoms with Crippen molar-refractivity contribution in [3.05, 3.63) is 41.7 Å². The van der Waals surface area contributed by atoms with Crippen molar-refractivity contribution in [2.75, 3.05) is 13.2 Å². The van der Waals surface area contributed by atoms with Crippen molar-refractivity contribution in [1.82, 2.24) is 9.78 Å². The number of fused-ring (bicyclic) bond motifs is 1. The molecule has 0 bridgehead atoms. The predicted octanol–water partition coefficient (Wildman–Crippen LogP) is 1.98. The van der Waals surface area contributed by atoms with E-state index in [0.29, 0.717) is 6.61 Å². The van der Waals surface area contributed by atoms with Crippen LogP contribution in [-0.2, 0) is 19.9 Å². The monoisotopic (exact) mass is 244 g/mol. The van der Waals surface area contributed by atoms with E-state index in [1.165, 1.54) is 11.1 Å². The van der Waals surface area contributed by atoms with Gasteiger partial charge in [-0.05, 0) is 17.2 Å². The third-order valence-electron chi connectivity index (χ3n) is 3.09. The van der Waals surface area contributed by atoms with Crippen LogP contribution in [0.4, 0.5) is 0 Å². The van der Waals surface area contributed by atoms with Gasteiger partial charge in [-0.3, -0.25) is 4.68 Å². The summed E-state index contributed by atoms with van der Waals surface area (Å²) in [5, 5.41) is 4.06. The molecule has 0 saturated heterocycles. The van der Waals surface area contributed by atoms with Crippen molar-refractivity contribution in [1.29, 1.82) is 0 Å². The van der Waals surface area contributed by atoms with E-state index in [1.54, 1.807) is 10.9 Å². The van der Waals surface area contributed by atoms with E-state index in [9.17, 15) is 0 Å². The first-order chi connectivity index (χ1) is 8.81. The minimum atomic E-state index is 0.672. The Labute approximate surface area is 106 Å². The Balaban J connectivity index is 1.57. The van der Waals surface area contributed by atoms with E-state index in [1.807, 2.05) is 13.2 Å². The van der Waals surface area contributed by atoms with Crippen LogP contribution < -0.4 is 9.47 Å². The van der Waals surface area contributed by atoms with Crippen LogP contribution in [0.1, 0.15) is 11.1 Å². The topological polar surface area (TPSA) is 36.3 Å². The maximum atomic E-state index is 5.64. The average molecular weight is 244 g/mol. The lowest BCUT2D eigenvalue weighted by molar-refractivity contribution is 0.321. The molecule has 0 atom stereocenters. The van der Waals surface area contributed by atoms with Gasteiger partial charge in [0.1, 0.15) is 5.75 Å². The fraction of sp³-hybridized carbons (Fsp3) is 0.357. The van der Waals surface area contributed by atoms with Gasteiger partial charge in [0.2, 0.25) is 0 Å². The SMILES string of the molecule is Cn1cc(OCCc2ccc3c(c2)CCO3)cn1. The van der Waals surface area contributed by atoms with Crippen LogP contribution in [0.25, 0.3) is 0 Å². The van der Waals surface area contributed by atoms with Crippen molar-refractivity contribution >= 4 is 0 Å². The van der Waals surface area contributed by atoms with E-state index in [-0.39, 0.29) is 0 Å². The highest BCUT2D eigenvalue weighted by molar-refractivity contribution is 5.39. The van der Waals surface area contributed by atoms with Crippen LogP contribution >= 0.6 is 0 Å².